The minimum Gasteiger partial charge on any atom is -0.481 e. The molecule has 2 aromatic carbocycles. The van der Waals surface area contributed by atoms with Crippen LogP contribution in [0.15, 0.2) is 53.4 Å². The zero-order valence-electron chi connectivity index (χ0n) is 11.7. The first-order valence-electron chi connectivity index (χ1n) is 6.55. The number of hydrogen-bond donors (Lipinski definition) is 1. The number of carboxylic acids is 1. The summed E-state index contributed by atoms with van der Waals surface area (Å²) >= 11 is 1.61. The third-order valence-corrected chi connectivity index (χ3v) is 4.50. The molecule has 0 saturated heterocycles. The molecule has 3 heteroatoms. The largest absolute Gasteiger partial charge is 0.481 e. The van der Waals surface area contributed by atoms with Crippen molar-refractivity contribution in [2.45, 2.75) is 24.7 Å². The lowest BCUT2D eigenvalue weighted by molar-refractivity contribution is -0.138. The second-order valence-corrected chi connectivity index (χ2v) is 5.94. The number of aryl methyl sites for hydroxylation is 2. The van der Waals surface area contributed by atoms with Gasteiger partial charge in [-0.3, -0.25) is 4.79 Å². The summed E-state index contributed by atoms with van der Waals surface area (Å²) in [6.45, 7) is 4.11. The van der Waals surface area contributed by atoms with Gasteiger partial charge in [0.25, 0.3) is 0 Å². The highest BCUT2D eigenvalue weighted by Gasteiger charge is 2.20. The molecule has 2 nitrogen and oxygen atoms in total. The molecule has 1 N–H and O–H groups in total. The van der Waals surface area contributed by atoms with E-state index in [9.17, 15) is 9.90 Å². The molecule has 0 radical (unpaired) electrons. The van der Waals surface area contributed by atoms with Gasteiger partial charge in [-0.1, -0.05) is 48.0 Å². The van der Waals surface area contributed by atoms with E-state index in [1.54, 1.807) is 11.8 Å². The molecular weight excluding hydrogens is 268 g/mol. The molecule has 104 valence electrons. The van der Waals surface area contributed by atoms with Crippen molar-refractivity contribution in [1.29, 1.82) is 0 Å². The Morgan fingerprint density at radius 1 is 1.15 bits per heavy atom. The van der Waals surface area contributed by atoms with E-state index in [1.165, 1.54) is 11.1 Å². The standard InChI is InChI=1S/C17H18O2S/c1-12-8-9-13(2)16(10-12)20-11-15(17(18)19)14-6-4-3-5-7-14/h3-10,15H,11H2,1-2H3,(H,18,19). The topological polar surface area (TPSA) is 37.3 Å². The van der Waals surface area contributed by atoms with E-state index in [0.29, 0.717) is 5.75 Å². The van der Waals surface area contributed by atoms with Crippen LogP contribution in [0.3, 0.4) is 0 Å². The van der Waals surface area contributed by atoms with Crippen LogP contribution < -0.4 is 0 Å². The lowest BCUT2D eigenvalue weighted by Crippen LogP contribution is -2.14. The molecule has 0 saturated carbocycles. The van der Waals surface area contributed by atoms with Crippen molar-refractivity contribution in [3.8, 4) is 0 Å². The van der Waals surface area contributed by atoms with Gasteiger partial charge in [0.2, 0.25) is 0 Å². The first-order valence-corrected chi connectivity index (χ1v) is 7.54. The second kappa shape index (κ2) is 6.62. The van der Waals surface area contributed by atoms with Gasteiger partial charge in [0.1, 0.15) is 0 Å². The van der Waals surface area contributed by atoms with Gasteiger partial charge in [0.15, 0.2) is 0 Å². The first-order chi connectivity index (χ1) is 9.58. The van der Waals surface area contributed by atoms with Crippen LogP contribution >= 0.6 is 11.8 Å². The lowest BCUT2D eigenvalue weighted by Gasteiger charge is -2.13. The van der Waals surface area contributed by atoms with Crippen molar-refractivity contribution in [2.24, 2.45) is 0 Å². The number of benzene rings is 2. The third-order valence-electron chi connectivity index (χ3n) is 3.25. The fourth-order valence-corrected chi connectivity index (χ4v) is 3.28. The van der Waals surface area contributed by atoms with E-state index in [-0.39, 0.29) is 0 Å². The molecule has 0 heterocycles. The van der Waals surface area contributed by atoms with Crippen molar-refractivity contribution in [1.82, 2.24) is 0 Å². The van der Waals surface area contributed by atoms with Gasteiger partial charge in [-0.15, -0.1) is 11.8 Å². The Morgan fingerprint density at radius 2 is 1.85 bits per heavy atom. The van der Waals surface area contributed by atoms with Gasteiger partial charge in [-0.2, -0.15) is 0 Å². The predicted molar refractivity (Wildman–Crippen MR) is 83.5 cm³/mol. The van der Waals surface area contributed by atoms with Crippen molar-refractivity contribution < 1.29 is 9.90 Å². The van der Waals surface area contributed by atoms with Gasteiger partial charge in [0.05, 0.1) is 5.92 Å². The third kappa shape index (κ3) is 3.64. The van der Waals surface area contributed by atoms with Crippen LogP contribution in [0.5, 0.6) is 0 Å². The van der Waals surface area contributed by atoms with Gasteiger partial charge in [-0.05, 0) is 31.0 Å². The Balaban J connectivity index is 2.14. The molecule has 20 heavy (non-hydrogen) atoms. The summed E-state index contributed by atoms with van der Waals surface area (Å²) in [5.74, 6) is -0.695. The van der Waals surface area contributed by atoms with E-state index in [1.807, 2.05) is 30.3 Å². The summed E-state index contributed by atoms with van der Waals surface area (Å²) in [4.78, 5) is 12.6. The number of aliphatic carboxylic acids is 1. The van der Waals surface area contributed by atoms with Gasteiger partial charge < -0.3 is 5.11 Å². The highest BCUT2D eigenvalue weighted by atomic mass is 32.2. The smallest absolute Gasteiger partial charge is 0.311 e. The van der Waals surface area contributed by atoms with Crippen LogP contribution in [-0.2, 0) is 4.79 Å². The van der Waals surface area contributed by atoms with Crippen molar-refractivity contribution in [2.75, 3.05) is 5.75 Å². The number of rotatable bonds is 5. The summed E-state index contributed by atoms with van der Waals surface area (Å²) in [7, 11) is 0. The van der Waals surface area contributed by atoms with Crippen molar-refractivity contribution in [3.63, 3.8) is 0 Å². The number of carbonyl (C=O) groups is 1. The van der Waals surface area contributed by atoms with Crippen LogP contribution in [0.1, 0.15) is 22.6 Å². The second-order valence-electron chi connectivity index (χ2n) is 4.88. The Labute approximate surface area is 123 Å². The lowest BCUT2D eigenvalue weighted by atomic mass is 10.0. The summed E-state index contributed by atoms with van der Waals surface area (Å²) in [5, 5.41) is 9.42. The minimum absolute atomic E-state index is 0.471. The van der Waals surface area contributed by atoms with Gasteiger partial charge >= 0.3 is 5.97 Å². The molecule has 1 atom stereocenters. The zero-order chi connectivity index (χ0) is 14.5. The normalized spacial score (nSPS) is 12.1. The van der Waals surface area contributed by atoms with Crippen LogP contribution in [-0.4, -0.2) is 16.8 Å². The fraction of sp³-hybridized carbons (Fsp3) is 0.235. The van der Waals surface area contributed by atoms with E-state index < -0.39 is 11.9 Å². The van der Waals surface area contributed by atoms with Crippen LogP contribution in [0.4, 0.5) is 0 Å². The maximum atomic E-state index is 11.5. The van der Waals surface area contributed by atoms with E-state index >= 15 is 0 Å². The van der Waals surface area contributed by atoms with Crippen LogP contribution in [0.25, 0.3) is 0 Å². The monoisotopic (exact) mass is 286 g/mol. The Kier molecular flexibility index (Phi) is 4.85. The Morgan fingerprint density at radius 3 is 2.50 bits per heavy atom. The van der Waals surface area contributed by atoms with Crippen molar-refractivity contribution in [3.05, 3.63) is 65.2 Å². The Bertz CT molecular complexity index is 593. The number of carboxylic acid groups (broad SMARTS) is 1. The highest BCUT2D eigenvalue weighted by Crippen LogP contribution is 2.29. The molecule has 2 aromatic rings. The van der Waals surface area contributed by atoms with Gasteiger partial charge in [0, 0.05) is 10.6 Å². The molecule has 0 aliphatic carbocycles. The van der Waals surface area contributed by atoms with Crippen LogP contribution in [0.2, 0.25) is 0 Å². The molecule has 0 aliphatic rings. The van der Waals surface area contributed by atoms with Gasteiger partial charge in [-0.25, -0.2) is 0 Å². The molecule has 2 rings (SSSR count). The molecular formula is C17H18O2S. The summed E-state index contributed by atoms with van der Waals surface area (Å²) in [6, 6.07) is 15.7. The summed E-state index contributed by atoms with van der Waals surface area (Å²) < 4.78 is 0. The minimum atomic E-state index is -0.769. The summed E-state index contributed by atoms with van der Waals surface area (Å²) in [6.07, 6.45) is 0. The molecule has 0 amide bonds. The van der Waals surface area contributed by atoms with E-state index in [0.717, 1.165) is 10.5 Å². The SMILES string of the molecule is Cc1ccc(C)c(SCC(C(=O)O)c2ccccc2)c1. The predicted octanol–water partition coefficient (Wildman–Crippen LogP) is 4.26. The molecule has 0 fully saturated rings. The molecule has 1 unspecified atom stereocenters. The molecule has 0 spiro atoms. The number of thioether (sulfide) groups is 1. The maximum absolute atomic E-state index is 11.5. The molecule has 0 aliphatic heterocycles. The quantitative estimate of drug-likeness (QED) is 0.834. The molecule has 0 aromatic heterocycles. The number of hydrogen-bond acceptors (Lipinski definition) is 2. The van der Waals surface area contributed by atoms with E-state index in [4.69, 9.17) is 0 Å². The summed E-state index contributed by atoms with van der Waals surface area (Å²) in [5.41, 5.74) is 3.25. The average molecular weight is 286 g/mol. The maximum Gasteiger partial charge on any atom is 0.311 e. The van der Waals surface area contributed by atoms with Crippen LogP contribution in [0, 0.1) is 13.8 Å². The Hall–Kier alpha value is -1.74. The molecule has 0 bridgehead atoms. The average Bonchev–Trinajstić information content (AvgIpc) is 2.43. The first kappa shape index (κ1) is 14.7. The van der Waals surface area contributed by atoms with E-state index in [2.05, 4.69) is 32.0 Å². The van der Waals surface area contributed by atoms with Crippen molar-refractivity contribution >= 4 is 17.7 Å². The zero-order valence-corrected chi connectivity index (χ0v) is 12.5. The fourth-order valence-electron chi connectivity index (χ4n) is 2.03. The highest BCUT2D eigenvalue weighted by molar-refractivity contribution is 7.99.